The Balaban J connectivity index is 2.28. The fraction of sp³-hybridized carbons (Fsp3) is 0.417. The second-order valence-corrected chi connectivity index (χ2v) is 4.60. The standard InChI is InChI=1S/C12H12BrNO/c13-12-6-5-11(15-12)10(7-8-14)9-3-1-2-4-9/h5-7,9H,1-4H2/b10-7+. The molecule has 0 aliphatic heterocycles. The molecule has 15 heavy (non-hydrogen) atoms. The van der Waals surface area contributed by atoms with Crippen LogP contribution >= 0.6 is 15.9 Å². The summed E-state index contributed by atoms with van der Waals surface area (Å²) >= 11 is 3.28. The van der Waals surface area contributed by atoms with Gasteiger partial charge in [-0.3, -0.25) is 0 Å². The van der Waals surface area contributed by atoms with Crippen molar-refractivity contribution < 1.29 is 4.42 Å². The summed E-state index contributed by atoms with van der Waals surface area (Å²) in [4.78, 5) is 0. The molecule has 0 radical (unpaired) electrons. The van der Waals surface area contributed by atoms with Crippen LogP contribution in [0.2, 0.25) is 0 Å². The van der Waals surface area contributed by atoms with Gasteiger partial charge < -0.3 is 4.42 Å². The molecule has 0 spiro atoms. The van der Waals surface area contributed by atoms with E-state index in [9.17, 15) is 0 Å². The van der Waals surface area contributed by atoms with Crippen LogP contribution in [0.15, 0.2) is 27.3 Å². The number of furan rings is 1. The van der Waals surface area contributed by atoms with E-state index in [0.29, 0.717) is 5.92 Å². The van der Waals surface area contributed by atoms with Crippen molar-refractivity contribution >= 4 is 21.5 Å². The molecule has 1 aliphatic carbocycles. The topological polar surface area (TPSA) is 36.9 Å². The summed E-state index contributed by atoms with van der Waals surface area (Å²) < 4.78 is 6.23. The van der Waals surface area contributed by atoms with Crippen LogP contribution in [0.5, 0.6) is 0 Å². The number of nitrogens with zero attached hydrogens (tertiary/aromatic N) is 1. The molecule has 1 aromatic heterocycles. The first-order valence-electron chi connectivity index (χ1n) is 5.16. The van der Waals surface area contributed by atoms with E-state index in [1.165, 1.54) is 25.7 Å². The van der Waals surface area contributed by atoms with E-state index in [1.54, 1.807) is 6.08 Å². The molecule has 0 aromatic carbocycles. The predicted octanol–water partition coefficient (Wildman–Crippen LogP) is 4.14. The van der Waals surface area contributed by atoms with Gasteiger partial charge in [-0.15, -0.1) is 0 Å². The minimum absolute atomic E-state index is 0.502. The first kappa shape index (κ1) is 10.5. The molecule has 1 saturated carbocycles. The van der Waals surface area contributed by atoms with Crippen LogP contribution in [0.4, 0.5) is 0 Å². The zero-order valence-corrected chi connectivity index (χ0v) is 9.96. The molecule has 0 N–H and O–H groups in total. The van der Waals surface area contributed by atoms with Gasteiger partial charge in [-0.25, -0.2) is 0 Å². The van der Waals surface area contributed by atoms with E-state index in [-0.39, 0.29) is 0 Å². The van der Waals surface area contributed by atoms with E-state index in [2.05, 4.69) is 22.0 Å². The maximum absolute atomic E-state index is 8.79. The number of allylic oxidation sites excluding steroid dienone is 2. The molecule has 0 amide bonds. The third-order valence-electron chi connectivity index (χ3n) is 2.87. The number of nitriles is 1. The van der Waals surface area contributed by atoms with Crippen molar-refractivity contribution in [3.8, 4) is 6.07 Å². The van der Waals surface area contributed by atoms with E-state index in [4.69, 9.17) is 9.68 Å². The number of hydrogen-bond donors (Lipinski definition) is 0. The summed E-state index contributed by atoms with van der Waals surface area (Å²) in [6.45, 7) is 0. The summed E-state index contributed by atoms with van der Waals surface area (Å²) in [6.07, 6.45) is 6.49. The molecule has 0 unspecified atom stereocenters. The largest absolute Gasteiger partial charge is 0.450 e. The van der Waals surface area contributed by atoms with E-state index < -0.39 is 0 Å². The van der Waals surface area contributed by atoms with Crippen molar-refractivity contribution in [3.05, 3.63) is 28.6 Å². The lowest BCUT2D eigenvalue weighted by Gasteiger charge is -2.10. The highest BCUT2D eigenvalue weighted by Crippen LogP contribution is 2.37. The van der Waals surface area contributed by atoms with Crippen molar-refractivity contribution in [3.63, 3.8) is 0 Å². The Bertz CT molecular complexity index is 408. The fourth-order valence-corrected chi connectivity index (χ4v) is 2.47. The number of hydrogen-bond acceptors (Lipinski definition) is 2. The van der Waals surface area contributed by atoms with Gasteiger partial charge in [0.25, 0.3) is 0 Å². The average Bonchev–Trinajstić information content (AvgIpc) is 2.85. The van der Waals surface area contributed by atoms with Crippen LogP contribution in [0, 0.1) is 17.2 Å². The van der Waals surface area contributed by atoms with Crippen LogP contribution in [-0.2, 0) is 0 Å². The zero-order chi connectivity index (χ0) is 10.7. The van der Waals surface area contributed by atoms with Gasteiger partial charge in [0.15, 0.2) is 4.67 Å². The van der Waals surface area contributed by atoms with E-state index in [0.717, 1.165) is 16.0 Å². The number of halogens is 1. The molecule has 2 rings (SSSR count). The van der Waals surface area contributed by atoms with Gasteiger partial charge in [-0.1, -0.05) is 12.8 Å². The lowest BCUT2D eigenvalue weighted by molar-refractivity contribution is 0.515. The average molecular weight is 266 g/mol. The molecule has 1 heterocycles. The smallest absolute Gasteiger partial charge is 0.169 e. The van der Waals surface area contributed by atoms with Gasteiger partial charge in [0, 0.05) is 11.6 Å². The maximum Gasteiger partial charge on any atom is 0.169 e. The lowest BCUT2D eigenvalue weighted by atomic mass is 9.95. The van der Waals surface area contributed by atoms with Crippen LogP contribution in [0.25, 0.3) is 5.57 Å². The second-order valence-electron chi connectivity index (χ2n) is 3.81. The molecule has 78 valence electrons. The van der Waals surface area contributed by atoms with Crippen molar-refractivity contribution in [2.24, 2.45) is 5.92 Å². The van der Waals surface area contributed by atoms with Gasteiger partial charge in [0.1, 0.15) is 5.76 Å². The zero-order valence-electron chi connectivity index (χ0n) is 8.37. The Labute approximate surface area is 97.7 Å². The van der Waals surface area contributed by atoms with Crippen LogP contribution in [0.1, 0.15) is 31.4 Å². The third kappa shape index (κ3) is 2.32. The maximum atomic E-state index is 8.79. The summed E-state index contributed by atoms with van der Waals surface area (Å²) in [5.41, 5.74) is 1.06. The highest BCUT2D eigenvalue weighted by atomic mass is 79.9. The van der Waals surface area contributed by atoms with Gasteiger partial charge in [0.2, 0.25) is 0 Å². The molecular formula is C12H12BrNO. The van der Waals surface area contributed by atoms with Gasteiger partial charge in [-0.2, -0.15) is 5.26 Å². The molecule has 2 nitrogen and oxygen atoms in total. The van der Waals surface area contributed by atoms with Gasteiger partial charge >= 0.3 is 0 Å². The Kier molecular flexibility index (Phi) is 3.27. The summed E-state index contributed by atoms with van der Waals surface area (Å²) in [7, 11) is 0. The van der Waals surface area contributed by atoms with Crippen molar-refractivity contribution in [1.29, 1.82) is 5.26 Å². The monoisotopic (exact) mass is 265 g/mol. The molecule has 0 bridgehead atoms. The first-order valence-corrected chi connectivity index (χ1v) is 5.96. The molecular weight excluding hydrogens is 254 g/mol. The highest BCUT2D eigenvalue weighted by molar-refractivity contribution is 9.10. The SMILES string of the molecule is N#C/C=C(/c1ccc(Br)o1)C1CCCC1. The van der Waals surface area contributed by atoms with Crippen molar-refractivity contribution in [2.75, 3.05) is 0 Å². The van der Waals surface area contributed by atoms with Crippen molar-refractivity contribution in [1.82, 2.24) is 0 Å². The Morgan fingerprint density at radius 2 is 2.20 bits per heavy atom. The fourth-order valence-electron chi connectivity index (χ4n) is 2.17. The molecule has 3 heteroatoms. The van der Waals surface area contributed by atoms with Crippen LogP contribution < -0.4 is 0 Å². The Morgan fingerprint density at radius 3 is 2.73 bits per heavy atom. The van der Waals surface area contributed by atoms with E-state index >= 15 is 0 Å². The van der Waals surface area contributed by atoms with Gasteiger partial charge in [-0.05, 0) is 46.8 Å². The normalized spacial score (nSPS) is 18.0. The predicted molar refractivity (Wildman–Crippen MR) is 62.0 cm³/mol. The van der Waals surface area contributed by atoms with Crippen molar-refractivity contribution in [2.45, 2.75) is 25.7 Å². The Morgan fingerprint density at radius 1 is 1.47 bits per heavy atom. The molecule has 1 aliphatic rings. The van der Waals surface area contributed by atoms with Crippen LogP contribution in [-0.4, -0.2) is 0 Å². The van der Waals surface area contributed by atoms with E-state index in [1.807, 2.05) is 12.1 Å². The minimum atomic E-state index is 0.502. The van der Waals surface area contributed by atoms with Crippen LogP contribution in [0.3, 0.4) is 0 Å². The summed E-state index contributed by atoms with van der Waals surface area (Å²) in [6, 6.07) is 5.91. The third-order valence-corrected chi connectivity index (χ3v) is 3.30. The second kappa shape index (κ2) is 4.67. The number of rotatable bonds is 2. The molecule has 1 aromatic rings. The first-order chi connectivity index (χ1) is 7.31. The van der Waals surface area contributed by atoms with Gasteiger partial charge in [0.05, 0.1) is 6.07 Å². The molecule has 0 saturated heterocycles. The Hall–Kier alpha value is -1.01. The molecule has 1 fully saturated rings. The summed E-state index contributed by atoms with van der Waals surface area (Å²) in [5, 5.41) is 8.79. The minimum Gasteiger partial charge on any atom is -0.450 e. The lowest BCUT2D eigenvalue weighted by Crippen LogP contribution is -1.96. The summed E-state index contributed by atoms with van der Waals surface area (Å²) in [5.74, 6) is 1.33. The quantitative estimate of drug-likeness (QED) is 0.754. The molecule has 0 atom stereocenters. The highest BCUT2D eigenvalue weighted by Gasteiger charge is 2.22.